The summed E-state index contributed by atoms with van der Waals surface area (Å²) in [6.07, 6.45) is -1.85. The van der Waals surface area contributed by atoms with Gasteiger partial charge in [-0.25, -0.2) is 8.42 Å². The Labute approximate surface area is 124 Å². The fourth-order valence-corrected chi connectivity index (χ4v) is 3.31. The van der Waals surface area contributed by atoms with Crippen LogP contribution in [-0.2, 0) is 19.5 Å². The lowest BCUT2D eigenvalue weighted by Crippen LogP contribution is -2.47. The van der Waals surface area contributed by atoms with Gasteiger partial charge < -0.3 is 20.3 Å². The van der Waals surface area contributed by atoms with E-state index < -0.39 is 28.1 Å². The quantitative estimate of drug-likeness (QED) is 0.696. The molecule has 0 spiro atoms. The van der Waals surface area contributed by atoms with Crippen molar-refractivity contribution in [2.45, 2.75) is 43.3 Å². The number of sulfonamides is 1. The van der Waals surface area contributed by atoms with Gasteiger partial charge in [0.15, 0.2) is 12.0 Å². The molecule has 1 aliphatic heterocycles. The van der Waals surface area contributed by atoms with Gasteiger partial charge in [0.1, 0.15) is 4.90 Å². The topological polar surface area (TPSA) is 111 Å². The van der Waals surface area contributed by atoms with Gasteiger partial charge in [0, 0.05) is 6.42 Å². The van der Waals surface area contributed by atoms with Gasteiger partial charge in [-0.1, -0.05) is 12.1 Å². The van der Waals surface area contributed by atoms with Crippen molar-refractivity contribution in [3.63, 3.8) is 0 Å². The Morgan fingerprint density at radius 2 is 2.05 bits per heavy atom. The highest BCUT2D eigenvalue weighted by molar-refractivity contribution is 7.89. The van der Waals surface area contributed by atoms with Gasteiger partial charge in [-0.15, -0.1) is 0 Å². The van der Waals surface area contributed by atoms with Crippen LogP contribution in [0.3, 0.4) is 0 Å². The number of para-hydroxylation sites is 1. The molecule has 2 atom stereocenters. The molecule has 0 radical (unpaired) electrons. The number of ether oxygens (including phenoxy) is 2. The van der Waals surface area contributed by atoms with E-state index in [1.165, 1.54) is 12.1 Å². The molecular formula is C13H20N2O5S. The minimum absolute atomic E-state index is 0.0521. The summed E-state index contributed by atoms with van der Waals surface area (Å²) < 4.78 is 38.0. The Kier molecular flexibility index (Phi) is 4.54. The van der Waals surface area contributed by atoms with E-state index in [-0.39, 0.29) is 23.6 Å². The zero-order valence-electron chi connectivity index (χ0n) is 11.9. The van der Waals surface area contributed by atoms with Crippen LogP contribution in [0.2, 0.25) is 0 Å². The Morgan fingerprint density at radius 1 is 1.38 bits per heavy atom. The van der Waals surface area contributed by atoms with E-state index in [2.05, 4.69) is 4.72 Å². The molecule has 0 saturated carbocycles. The van der Waals surface area contributed by atoms with E-state index in [0.717, 1.165) is 0 Å². The molecule has 1 fully saturated rings. The van der Waals surface area contributed by atoms with Crippen LogP contribution in [-0.4, -0.2) is 38.3 Å². The first kappa shape index (κ1) is 16.2. The van der Waals surface area contributed by atoms with E-state index in [1.54, 1.807) is 26.0 Å². The van der Waals surface area contributed by atoms with Crippen LogP contribution in [0.5, 0.6) is 0 Å². The predicted molar refractivity (Wildman–Crippen MR) is 76.7 cm³/mol. The number of aliphatic hydroxyl groups is 1. The highest BCUT2D eigenvalue weighted by Crippen LogP contribution is 2.23. The second-order valence-corrected chi connectivity index (χ2v) is 6.98. The molecule has 1 aromatic carbocycles. The SMILES string of the molecule is CC1(C)OCC[C@@H](O)[C@H](NS(=O)(=O)c2ccccc2N)O1. The van der Waals surface area contributed by atoms with Crippen molar-refractivity contribution in [1.82, 2.24) is 4.72 Å². The smallest absolute Gasteiger partial charge is 0.244 e. The molecule has 1 aliphatic rings. The summed E-state index contributed by atoms with van der Waals surface area (Å²) >= 11 is 0. The third kappa shape index (κ3) is 3.92. The van der Waals surface area contributed by atoms with Gasteiger partial charge in [0.05, 0.1) is 18.4 Å². The van der Waals surface area contributed by atoms with E-state index in [4.69, 9.17) is 15.2 Å². The molecule has 1 heterocycles. The summed E-state index contributed by atoms with van der Waals surface area (Å²) in [5, 5.41) is 10.00. The summed E-state index contributed by atoms with van der Waals surface area (Å²) in [6.45, 7) is 3.59. The number of nitrogen functional groups attached to an aromatic ring is 1. The van der Waals surface area contributed by atoms with Crippen LogP contribution in [0.25, 0.3) is 0 Å². The van der Waals surface area contributed by atoms with Crippen molar-refractivity contribution >= 4 is 15.7 Å². The molecule has 8 heteroatoms. The minimum atomic E-state index is -3.91. The molecule has 4 N–H and O–H groups in total. The number of rotatable bonds is 3. The van der Waals surface area contributed by atoms with Crippen LogP contribution in [0, 0.1) is 0 Å². The standard InChI is InChI=1S/C13H20N2O5S/c1-13(2)19-8-7-10(16)12(20-13)15-21(17,18)11-6-4-3-5-9(11)14/h3-6,10,12,15-16H,7-8,14H2,1-2H3/t10-,12-/m1/s1. The Morgan fingerprint density at radius 3 is 2.71 bits per heavy atom. The zero-order chi connectivity index (χ0) is 15.7. The van der Waals surface area contributed by atoms with E-state index >= 15 is 0 Å². The van der Waals surface area contributed by atoms with Crippen molar-refractivity contribution in [3.8, 4) is 0 Å². The number of benzene rings is 1. The fraction of sp³-hybridized carbons (Fsp3) is 0.538. The minimum Gasteiger partial charge on any atom is -0.398 e. The third-order valence-corrected chi connectivity index (χ3v) is 4.60. The highest BCUT2D eigenvalue weighted by Gasteiger charge is 2.35. The summed E-state index contributed by atoms with van der Waals surface area (Å²) in [5.41, 5.74) is 5.81. The molecule has 0 aliphatic carbocycles. The molecule has 7 nitrogen and oxygen atoms in total. The second kappa shape index (κ2) is 5.90. The van der Waals surface area contributed by atoms with E-state index in [0.29, 0.717) is 0 Å². The van der Waals surface area contributed by atoms with Crippen LogP contribution >= 0.6 is 0 Å². The van der Waals surface area contributed by atoms with Crippen molar-refractivity contribution in [2.75, 3.05) is 12.3 Å². The third-order valence-electron chi connectivity index (χ3n) is 3.10. The molecule has 2 rings (SSSR count). The maximum absolute atomic E-state index is 12.4. The molecule has 0 amide bonds. The Bertz CT molecular complexity index is 602. The van der Waals surface area contributed by atoms with Gasteiger partial charge in [0.2, 0.25) is 10.0 Å². The predicted octanol–water partition coefficient (Wildman–Crippen LogP) is 0.407. The summed E-state index contributed by atoms with van der Waals surface area (Å²) in [5.74, 6) is -0.993. The molecule has 0 bridgehead atoms. The van der Waals surface area contributed by atoms with Gasteiger partial charge in [0.25, 0.3) is 0 Å². The highest BCUT2D eigenvalue weighted by atomic mass is 32.2. The van der Waals surface area contributed by atoms with Gasteiger partial charge >= 0.3 is 0 Å². The largest absolute Gasteiger partial charge is 0.398 e. The van der Waals surface area contributed by atoms with E-state index in [9.17, 15) is 13.5 Å². The number of nitrogens with two attached hydrogens (primary N) is 1. The van der Waals surface area contributed by atoms with Crippen molar-refractivity contribution in [1.29, 1.82) is 0 Å². The number of hydrogen-bond acceptors (Lipinski definition) is 6. The van der Waals surface area contributed by atoms with E-state index in [1.807, 2.05) is 0 Å². The molecular weight excluding hydrogens is 296 g/mol. The van der Waals surface area contributed by atoms with Gasteiger partial charge in [-0.05, 0) is 26.0 Å². The fourth-order valence-electron chi connectivity index (χ4n) is 2.04. The molecule has 1 saturated heterocycles. The van der Waals surface area contributed by atoms with Crippen molar-refractivity contribution < 1.29 is 23.0 Å². The first-order valence-electron chi connectivity index (χ1n) is 6.58. The monoisotopic (exact) mass is 316 g/mol. The maximum atomic E-state index is 12.4. The molecule has 0 unspecified atom stereocenters. The first-order chi connectivity index (χ1) is 9.71. The average Bonchev–Trinajstić information content (AvgIpc) is 2.48. The van der Waals surface area contributed by atoms with Gasteiger partial charge in [-0.3, -0.25) is 0 Å². The summed E-state index contributed by atoms with van der Waals surface area (Å²) in [7, 11) is -3.91. The van der Waals surface area contributed by atoms with Gasteiger partial charge in [-0.2, -0.15) is 4.72 Å². The summed E-state index contributed by atoms with van der Waals surface area (Å²) in [6, 6.07) is 6.10. The molecule has 21 heavy (non-hydrogen) atoms. The maximum Gasteiger partial charge on any atom is 0.244 e. The van der Waals surface area contributed by atoms with Crippen molar-refractivity contribution in [3.05, 3.63) is 24.3 Å². The normalized spacial score (nSPS) is 26.2. The number of hydrogen-bond donors (Lipinski definition) is 3. The lowest BCUT2D eigenvalue weighted by Gasteiger charge is -2.29. The van der Waals surface area contributed by atoms with Crippen LogP contribution in [0.4, 0.5) is 5.69 Å². The lowest BCUT2D eigenvalue weighted by atomic mass is 10.2. The van der Waals surface area contributed by atoms with Crippen molar-refractivity contribution in [2.24, 2.45) is 0 Å². The molecule has 1 aromatic rings. The Hall–Kier alpha value is -1.19. The summed E-state index contributed by atoms with van der Waals surface area (Å²) in [4.78, 5) is -0.0521. The van der Waals surface area contributed by atoms with Crippen LogP contribution < -0.4 is 10.5 Å². The number of anilines is 1. The lowest BCUT2D eigenvalue weighted by molar-refractivity contribution is -0.231. The average molecular weight is 316 g/mol. The van der Waals surface area contributed by atoms with Crippen LogP contribution in [0.15, 0.2) is 29.2 Å². The first-order valence-corrected chi connectivity index (χ1v) is 8.06. The number of aliphatic hydroxyl groups excluding tert-OH is 1. The zero-order valence-corrected chi connectivity index (χ0v) is 12.8. The van der Waals surface area contributed by atoms with Crippen LogP contribution in [0.1, 0.15) is 20.3 Å². The second-order valence-electron chi connectivity index (χ2n) is 5.30. The molecule has 0 aromatic heterocycles. The number of nitrogens with one attached hydrogen (secondary N) is 1. The molecule has 118 valence electrons. The Balaban J connectivity index is 2.24.